The van der Waals surface area contributed by atoms with E-state index in [4.69, 9.17) is 12.2 Å². The van der Waals surface area contributed by atoms with Crippen molar-refractivity contribution in [3.05, 3.63) is 32.5 Å². The summed E-state index contributed by atoms with van der Waals surface area (Å²) < 4.78 is 2.48. The van der Waals surface area contributed by atoms with Gasteiger partial charge in [0.05, 0.1) is 0 Å². The average Bonchev–Trinajstić information content (AvgIpc) is 3.07. The van der Waals surface area contributed by atoms with Gasteiger partial charge in [0.2, 0.25) is 5.91 Å². The standard InChI is InChI=1S/C13H16N4OS3/c1-8-15-16-13(19)17(8)5-4-14-12(18)11-9-2-6-20-10(9)3-7-21-11/h2,6,11H,3-5,7H2,1H3,(H,14,18)(H,16,19)/t11-/m1/s1. The van der Waals surface area contributed by atoms with Crippen LogP contribution in [-0.2, 0) is 17.8 Å². The number of rotatable bonds is 4. The van der Waals surface area contributed by atoms with Gasteiger partial charge in [-0.2, -0.15) is 5.10 Å². The summed E-state index contributed by atoms with van der Waals surface area (Å²) in [5, 5.41) is 11.8. The molecule has 0 spiro atoms. The lowest BCUT2D eigenvalue weighted by molar-refractivity contribution is -0.120. The Morgan fingerprint density at radius 2 is 2.52 bits per heavy atom. The highest BCUT2D eigenvalue weighted by Gasteiger charge is 2.27. The van der Waals surface area contributed by atoms with Crippen LogP contribution in [0.5, 0.6) is 0 Å². The molecule has 5 nitrogen and oxygen atoms in total. The molecule has 0 fully saturated rings. The van der Waals surface area contributed by atoms with Gasteiger partial charge in [-0.3, -0.25) is 9.89 Å². The highest BCUT2D eigenvalue weighted by atomic mass is 32.2. The molecule has 3 heterocycles. The highest BCUT2D eigenvalue weighted by Crippen LogP contribution is 2.39. The van der Waals surface area contributed by atoms with Gasteiger partial charge in [0, 0.05) is 18.0 Å². The van der Waals surface area contributed by atoms with E-state index in [2.05, 4.69) is 27.0 Å². The van der Waals surface area contributed by atoms with Crippen molar-refractivity contribution in [3.8, 4) is 0 Å². The summed E-state index contributed by atoms with van der Waals surface area (Å²) in [6, 6.07) is 2.08. The second kappa shape index (κ2) is 6.33. The van der Waals surface area contributed by atoms with Gasteiger partial charge in [0.25, 0.3) is 0 Å². The van der Waals surface area contributed by atoms with Gasteiger partial charge in [-0.25, -0.2) is 0 Å². The van der Waals surface area contributed by atoms with Gasteiger partial charge in [0.15, 0.2) is 4.77 Å². The van der Waals surface area contributed by atoms with E-state index < -0.39 is 0 Å². The minimum Gasteiger partial charge on any atom is -0.353 e. The molecule has 3 rings (SSSR count). The fraction of sp³-hybridized carbons (Fsp3) is 0.462. The van der Waals surface area contributed by atoms with Crippen molar-refractivity contribution in [1.29, 1.82) is 0 Å². The van der Waals surface area contributed by atoms with Crippen LogP contribution >= 0.6 is 35.3 Å². The number of carbonyl (C=O) groups excluding carboxylic acids is 1. The third-order valence-electron chi connectivity index (χ3n) is 3.50. The van der Waals surface area contributed by atoms with E-state index in [1.807, 2.05) is 11.5 Å². The Morgan fingerprint density at radius 1 is 1.67 bits per heavy atom. The maximum atomic E-state index is 12.4. The van der Waals surface area contributed by atoms with Crippen molar-refractivity contribution >= 4 is 41.2 Å². The van der Waals surface area contributed by atoms with E-state index in [0.717, 1.165) is 18.0 Å². The highest BCUT2D eigenvalue weighted by molar-refractivity contribution is 8.00. The molecular formula is C13H16N4OS3. The zero-order valence-electron chi connectivity index (χ0n) is 11.6. The number of hydrogen-bond donors (Lipinski definition) is 2. The van der Waals surface area contributed by atoms with Gasteiger partial charge in [0.1, 0.15) is 11.1 Å². The summed E-state index contributed by atoms with van der Waals surface area (Å²) in [5.74, 6) is 1.94. The Bertz CT molecular complexity index is 702. The number of thioether (sulfide) groups is 1. The topological polar surface area (TPSA) is 62.7 Å². The lowest BCUT2D eigenvalue weighted by Crippen LogP contribution is -2.32. The Kier molecular flexibility index (Phi) is 4.46. The van der Waals surface area contributed by atoms with Crippen molar-refractivity contribution in [2.45, 2.75) is 25.1 Å². The third kappa shape index (κ3) is 3.07. The van der Waals surface area contributed by atoms with Crippen molar-refractivity contribution in [2.24, 2.45) is 0 Å². The molecule has 112 valence electrons. The summed E-state index contributed by atoms with van der Waals surface area (Å²) in [6.07, 6.45) is 1.07. The zero-order valence-corrected chi connectivity index (χ0v) is 14.0. The number of carbonyl (C=O) groups is 1. The second-order valence-corrected chi connectivity index (χ2v) is 7.42. The van der Waals surface area contributed by atoms with E-state index in [1.165, 1.54) is 10.4 Å². The number of nitrogens with zero attached hydrogens (tertiary/aromatic N) is 2. The van der Waals surface area contributed by atoms with Crippen molar-refractivity contribution in [3.63, 3.8) is 0 Å². The SMILES string of the molecule is Cc1n[nH]c(=S)n1CCNC(=O)[C@@H]1SCCc2sccc21. The molecule has 8 heteroatoms. The smallest absolute Gasteiger partial charge is 0.237 e. The molecule has 0 radical (unpaired) electrons. The first-order valence-electron chi connectivity index (χ1n) is 6.74. The predicted octanol–water partition coefficient (Wildman–Crippen LogP) is 2.46. The molecule has 1 atom stereocenters. The quantitative estimate of drug-likeness (QED) is 0.839. The Morgan fingerprint density at radius 3 is 3.29 bits per heavy atom. The monoisotopic (exact) mass is 340 g/mol. The number of thiophene rings is 1. The van der Waals surface area contributed by atoms with Crippen molar-refractivity contribution < 1.29 is 4.79 Å². The third-order valence-corrected chi connectivity index (χ3v) is 6.05. The molecule has 0 bridgehead atoms. The van der Waals surface area contributed by atoms with E-state index in [9.17, 15) is 4.79 Å². The van der Waals surface area contributed by atoms with Crippen LogP contribution in [0, 0.1) is 11.7 Å². The van der Waals surface area contributed by atoms with E-state index in [-0.39, 0.29) is 11.2 Å². The van der Waals surface area contributed by atoms with Crippen LogP contribution in [0.1, 0.15) is 21.5 Å². The van der Waals surface area contributed by atoms with Gasteiger partial charge in [-0.1, -0.05) is 0 Å². The first kappa shape index (κ1) is 14.8. The van der Waals surface area contributed by atoms with Gasteiger partial charge in [-0.05, 0) is 48.3 Å². The molecular weight excluding hydrogens is 324 g/mol. The molecule has 0 unspecified atom stereocenters. The average molecular weight is 340 g/mol. The molecule has 0 aliphatic carbocycles. The largest absolute Gasteiger partial charge is 0.353 e. The van der Waals surface area contributed by atoms with Crippen LogP contribution in [0.15, 0.2) is 11.4 Å². The van der Waals surface area contributed by atoms with Gasteiger partial charge in [-0.15, -0.1) is 23.1 Å². The first-order valence-corrected chi connectivity index (χ1v) is 9.08. The molecule has 1 aliphatic rings. The number of amides is 1. The fourth-order valence-corrected chi connectivity index (χ4v) is 4.99. The summed E-state index contributed by atoms with van der Waals surface area (Å²) in [5.41, 5.74) is 1.19. The van der Waals surface area contributed by atoms with E-state index in [1.54, 1.807) is 23.1 Å². The van der Waals surface area contributed by atoms with Gasteiger partial charge >= 0.3 is 0 Å². The molecule has 0 saturated heterocycles. The maximum Gasteiger partial charge on any atom is 0.237 e. The van der Waals surface area contributed by atoms with Crippen LogP contribution < -0.4 is 5.32 Å². The minimum absolute atomic E-state index is 0.0709. The first-order chi connectivity index (χ1) is 10.2. The zero-order chi connectivity index (χ0) is 14.8. The predicted molar refractivity (Wildman–Crippen MR) is 88.4 cm³/mol. The number of H-pyrrole nitrogens is 1. The molecule has 2 N–H and O–H groups in total. The molecule has 2 aromatic rings. The van der Waals surface area contributed by atoms with Crippen LogP contribution in [0.4, 0.5) is 0 Å². The summed E-state index contributed by atoms with van der Waals surface area (Å²) in [7, 11) is 0. The van der Waals surface area contributed by atoms with Crippen molar-refractivity contribution in [1.82, 2.24) is 20.1 Å². The summed E-state index contributed by atoms with van der Waals surface area (Å²) >= 11 is 8.62. The number of hydrogen-bond acceptors (Lipinski definition) is 5. The maximum absolute atomic E-state index is 12.4. The number of fused-ring (bicyclic) bond motifs is 1. The Hall–Kier alpha value is -1.12. The van der Waals surface area contributed by atoms with E-state index in [0.29, 0.717) is 17.9 Å². The summed E-state index contributed by atoms with van der Waals surface area (Å²) in [6.45, 7) is 3.09. The van der Waals surface area contributed by atoms with E-state index >= 15 is 0 Å². The molecule has 0 saturated carbocycles. The Balaban J connectivity index is 1.60. The van der Waals surface area contributed by atoms with Crippen LogP contribution in [0.25, 0.3) is 0 Å². The lowest BCUT2D eigenvalue weighted by Gasteiger charge is -2.21. The molecule has 2 aromatic heterocycles. The molecule has 21 heavy (non-hydrogen) atoms. The van der Waals surface area contributed by atoms with Crippen molar-refractivity contribution in [2.75, 3.05) is 12.3 Å². The number of nitrogens with one attached hydrogen (secondary N) is 2. The fourth-order valence-electron chi connectivity index (χ4n) is 2.41. The van der Waals surface area contributed by atoms with Crippen LogP contribution in [0.3, 0.4) is 0 Å². The molecule has 0 aromatic carbocycles. The summed E-state index contributed by atoms with van der Waals surface area (Å²) in [4.78, 5) is 13.7. The normalized spacial score (nSPS) is 17.5. The second-order valence-electron chi connectivity index (χ2n) is 4.82. The van der Waals surface area contributed by atoms with Crippen LogP contribution in [0.2, 0.25) is 0 Å². The Labute approximate surface area is 136 Å². The van der Waals surface area contributed by atoms with Gasteiger partial charge < -0.3 is 9.88 Å². The van der Waals surface area contributed by atoms with Crippen LogP contribution in [-0.4, -0.2) is 33.0 Å². The number of aromatic amines is 1. The number of aryl methyl sites for hydroxylation is 2. The lowest BCUT2D eigenvalue weighted by atomic mass is 10.1. The minimum atomic E-state index is -0.0709. The number of aromatic nitrogens is 3. The molecule has 1 aliphatic heterocycles. The molecule has 1 amide bonds.